The first-order chi connectivity index (χ1) is 13.5. The number of hydrogen-bond donors (Lipinski definition) is 0. The van der Waals surface area contributed by atoms with Crippen LogP contribution in [0.25, 0.3) is 21.3 Å². The highest BCUT2D eigenvalue weighted by atomic mass is 35.5. The smallest absolute Gasteiger partial charge is 0.225 e. The monoisotopic (exact) mass is 419 g/mol. The Kier molecular flexibility index (Phi) is 6.62. The van der Waals surface area contributed by atoms with Crippen molar-refractivity contribution in [3.05, 3.63) is 28.4 Å². The van der Waals surface area contributed by atoms with Crippen LogP contribution >= 0.6 is 22.9 Å². The predicted molar refractivity (Wildman–Crippen MR) is 118 cm³/mol. The molecule has 0 aliphatic carbocycles. The molecule has 0 saturated heterocycles. The summed E-state index contributed by atoms with van der Waals surface area (Å²) in [7, 11) is 3.29. The van der Waals surface area contributed by atoms with E-state index in [-0.39, 0.29) is 0 Å². The molecule has 0 amide bonds. The number of ether oxygens (including phenoxy) is 2. The summed E-state index contributed by atoms with van der Waals surface area (Å²) in [4.78, 5) is 13.6. The van der Waals surface area contributed by atoms with E-state index in [2.05, 4.69) is 41.7 Å². The molecule has 2 aromatic heterocycles. The fourth-order valence-corrected chi connectivity index (χ4v) is 4.75. The fourth-order valence-electron chi connectivity index (χ4n) is 3.50. The Morgan fingerprint density at radius 1 is 1.04 bits per heavy atom. The molecule has 0 saturated carbocycles. The Labute approximate surface area is 175 Å². The SMILES string of the molecule is CCCN(CCC)c1nc(Cl)nc2sc(C)c(-c3ccc(OC)c(OC)c3)c12. The van der Waals surface area contributed by atoms with E-state index in [0.717, 1.165) is 53.1 Å². The van der Waals surface area contributed by atoms with Crippen LogP contribution in [0.1, 0.15) is 31.6 Å². The fraction of sp³-hybridized carbons (Fsp3) is 0.429. The summed E-state index contributed by atoms with van der Waals surface area (Å²) in [6, 6.07) is 6.00. The van der Waals surface area contributed by atoms with Gasteiger partial charge in [-0.25, -0.2) is 4.98 Å². The van der Waals surface area contributed by atoms with Gasteiger partial charge in [0.25, 0.3) is 0 Å². The third-order valence-electron chi connectivity index (χ3n) is 4.64. The van der Waals surface area contributed by atoms with E-state index in [0.29, 0.717) is 16.8 Å². The zero-order valence-electron chi connectivity index (χ0n) is 17.0. The number of fused-ring (bicyclic) bond motifs is 1. The van der Waals surface area contributed by atoms with Gasteiger partial charge < -0.3 is 14.4 Å². The Morgan fingerprint density at radius 2 is 1.71 bits per heavy atom. The Balaban J connectivity index is 2.27. The number of benzene rings is 1. The third-order valence-corrected chi connectivity index (χ3v) is 5.81. The zero-order chi connectivity index (χ0) is 20.3. The lowest BCUT2D eigenvalue weighted by molar-refractivity contribution is 0.355. The van der Waals surface area contributed by atoms with Crippen molar-refractivity contribution in [1.82, 2.24) is 9.97 Å². The highest BCUT2D eigenvalue weighted by Gasteiger charge is 2.22. The van der Waals surface area contributed by atoms with Crippen LogP contribution in [0.4, 0.5) is 5.82 Å². The second-order valence-electron chi connectivity index (χ2n) is 6.59. The van der Waals surface area contributed by atoms with E-state index in [9.17, 15) is 0 Å². The topological polar surface area (TPSA) is 47.5 Å². The molecule has 2 heterocycles. The van der Waals surface area contributed by atoms with Crippen LogP contribution in [0, 0.1) is 6.92 Å². The number of aromatic nitrogens is 2. The van der Waals surface area contributed by atoms with Gasteiger partial charge in [-0.2, -0.15) is 4.98 Å². The number of rotatable bonds is 8. The van der Waals surface area contributed by atoms with Gasteiger partial charge in [-0.3, -0.25) is 0 Å². The number of methoxy groups -OCH3 is 2. The summed E-state index contributed by atoms with van der Waals surface area (Å²) < 4.78 is 10.9. The van der Waals surface area contributed by atoms with Crippen LogP contribution in [-0.2, 0) is 0 Å². The molecule has 0 N–H and O–H groups in total. The minimum Gasteiger partial charge on any atom is -0.493 e. The molecule has 3 aromatic rings. The summed E-state index contributed by atoms with van der Waals surface area (Å²) in [5.41, 5.74) is 2.19. The van der Waals surface area contributed by atoms with Gasteiger partial charge in [0.05, 0.1) is 19.6 Å². The number of halogens is 1. The summed E-state index contributed by atoms with van der Waals surface area (Å²) in [6.45, 7) is 8.32. The first-order valence-corrected chi connectivity index (χ1v) is 10.7. The average molecular weight is 420 g/mol. The summed E-state index contributed by atoms with van der Waals surface area (Å²) in [6.07, 6.45) is 2.08. The van der Waals surface area contributed by atoms with E-state index in [4.69, 9.17) is 21.1 Å². The van der Waals surface area contributed by atoms with Crippen LogP contribution in [0.2, 0.25) is 5.28 Å². The summed E-state index contributed by atoms with van der Waals surface area (Å²) >= 11 is 7.93. The molecule has 0 bridgehead atoms. The number of hydrogen-bond acceptors (Lipinski definition) is 6. The van der Waals surface area contributed by atoms with Gasteiger partial charge in [-0.05, 0) is 49.1 Å². The molecular formula is C21H26ClN3O2S. The van der Waals surface area contributed by atoms with Gasteiger partial charge in [-0.15, -0.1) is 11.3 Å². The van der Waals surface area contributed by atoms with Crippen molar-refractivity contribution in [1.29, 1.82) is 0 Å². The maximum atomic E-state index is 6.28. The van der Waals surface area contributed by atoms with Crippen molar-refractivity contribution in [2.24, 2.45) is 0 Å². The Bertz CT molecular complexity index is 968. The Hall–Kier alpha value is -2.05. The molecule has 3 rings (SSSR count). The molecule has 0 radical (unpaired) electrons. The third kappa shape index (κ3) is 3.89. The number of nitrogens with zero attached hydrogens (tertiary/aromatic N) is 3. The van der Waals surface area contributed by atoms with Gasteiger partial charge >= 0.3 is 0 Å². The van der Waals surface area contributed by atoms with Gasteiger partial charge in [0.2, 0.25) is 5.28 Å². The number of aryl methyl sites for hydroxylation is 1. The maximum Gasteiger partial charge on any atom is 0.225 e. The number of anilines is 1. The molecular weight excluding hydrogens is 394 g/mol. The van der Waals surface area contributed by atoms with Crippen molar-refractivity contribution in [3.63, 3.8) is 0 Å². The number of thiophene rings is 1. The van der Waals surface area contributed by atoms with Crippen molar-refractivity contribution in [2.75, 3.05) is 32.2 Å². The lowest BCUT2D eigenvalue weighted by Gasteiger charge is -2.24. The molecule has 7 heteroatoms. The van der Waals surface area contributed by atoms with Crippen LogP contribution in [-0.4, -0.2) is 37.3 Å². The van der Waals surface area contributed by atoms with Crippen molar-refractivity contribution >= 4 is 39.0 Å². The molecule has 150 valence electrons. The van der Waals surface area contributed by atoms with Crippen LogP contribution in [0.3, 0.4) is 0 Å². The van der Waals surface area contributed by atoms with Crippen LogP contribution < -0.4 is 14.4 Å². The summed E-state index contributed by atoms with van der Waals surface area (Å²) in [5, 5.41) is 1.35. The van der Waals surface area contributed by atoms with Gasteiger partial charge in [-0.1, -0.05) is 19.9 Å². The normalized spacial score (nSPS) is 11.1. The van der Waals surface area contributed by atoms with E-state index >= 15 is 0 Å². The minimum atomic E-state index is 0.291. The van der Waals surface area contributed by atoms with Crippen molar-refractivity contribution in [3.8, 4) is 22.6 Å². The maximum absolute atomic E-state index is 6.28. The lowest BCUT2D eigenvalue weighted by Crippen LogP contribution is -2.26. The second-order valence-corrected chi connectivity index (χ2v) is 8.13. The quantitative estimate of drug-likeness (QED) is 0.421. The minimum absolute atomic E-state index is 0.291. The second kappa shape index (κ2) is 8.97. The van der Waals surface area contributed by atoms with E-state index in [1.807, 2.05) is 12.1 Å². The van der Waals surface area contributed by atoms with Gasteiger partial charge in [0.15, 0.2) is 11.5 Å². The molecule has 1 aromatic carbocycles. The molecule has 28 heavy (non-hydrogen) atoms. The first kappa shape index (κ1) is 20.7. The van der Waals surface area contributed by atoms with E-state index in [1.165, 1.54) is 4.88 Å². The van der Waals surface area contributed by atoms with Gasteiger partial charge in [0.1, 0.15) is 10.6 Å². The highest BCUT2D eigenvalue weighted by Crippen LogP contribution is 2.44. The molecule has 0 fully saturated rings. The molecule has 5 nitrogen and oxygen atoms in total. The molecule has 0 atom stereocenters. The predicted octanol–water partition coefficient (Wildman–Crippen LogP) is 5.96. The standard InChI is InChI=1S/C21H26ClN3O2S/c1-6-10-25(11-7-2)19-18-17(13(3)28-20(18)24-21(22)23-19)14-8-9-15(26-4)16(12-14)27-5/h8-9,12H,6-7,10-11H2,1-5H3. The van der Waals surface area contributed by atoms with E-state index in [1.54, 1.807) is 25.6 Å². The zero-order valence-corrected chi connectivity index (χ0v) is 18.6. The molecule has 0 aliphatic rings. The van der Waals surface area contributed by atoms with Crippen LogP contribution in [0.5, 0.6) is 11.5 Å². The molecule has 0 spiro atoms. The Morgan fingerprint density at radius 3 is 2.32 bits per heavy atom. The largest absolute Gasteiger partial charge is 0.493 e. The van der Waals surface area contributed by atoms with Crippen LogP contribution in [0.15, 0.2) is 18.2 Å². The molecule has 0 aliphatic heterocycles. The highest BCUT2D eigenvalue weighted by molar-refractivity contribution is 7.19. The van der Waals surface area contributed by atoms with Crippen molar-refractivity contribution in [2.45, 2.75) is 33.6 Å². The molecule has 0 unspecified atom stereocenters. The van der Waals surface area contributed by atoms with E-state index < -0.39 is 0 Å². The lowest BCUT2D eigenvalue weighted by atomic mass is 10.0. The van der Waals surface area contributed by atoms with Crippen molar-refractivity contribution < 1.29 is 9.47 Å². The summed E-state index contributed by atoms with van der Waals surface area (Å²) in [5.74, 6) is 2.32. The average Bonchev–Trinajstić information content (AvgIpc) is 3.02. The van der Waals surface area contributed by atoms with Gasteiger partial charge in [0, 0.05) is 23.5 Å². The first-order valence-electron chi connectivity index (χ1n) is 9.47.